The fourth-order valence-electron chi connectivity index (χ4n) is 4.09. The van der Waals surface area contributed by atoms with Gasteiger partial charge in [0.15, 0.2) is 0 Å². The van der Waals surface area contributed by atoms with Crippen LogP contribution in [0.5, 0.6) is 0 Å². The van der Waals surface area contributed by atoms with Crippen molar-refractivity contribution in [1.82, 2.24) is 9.73 Å². The SMILES string of the molecule is O=C1c2cccc3cccc(c23)C(=O)N1Cc1ccc(S(=O)(=O)N/N=C/c2ccc([N+](=O)[O-])cc2)cc1. The molecule has 0 bridgehead atoms. The molecule has 0 spiro atoms. The van der Waals surface area contributed by atoms with Crippen LogP contribution in [0.3, 0.4) is 0 Å². The van der Waals surface area contributed by atoms with Crippen molar-refractivity contribution in [3.8, 4) is 0 Å². The molecule has 1 heterocycles. The highest BCUT2D eigenvalue weighted by atomic mass is 32.2. The number of sulfonamides is 1. The molecule has 0 saturated carbocycles. The fourth-order valence-corrected chi connectivity index (χ4v) is 4.88. The smallest absolute Gasteiger partial charge is 0.270 e. The third-order valence-corrected chi connectivity index (χ3v) is 7.16. The average molecular weight is 515 g/mol. The molecular weight excluding hydrogens is 496 g/mol. The van der Waals surface area contributed by atoms with Gasteiger partial charge in [-0.15, -0.1) is 0 Å². The predicted octanol–water partition coefficient (Wildman–Crippen LogP) is 3.86. The molecule has 0 fully saturated rings. The molecule has 0 aromatic heterocycles. The third-order valence-electron chi connectivity index (χ3n) is 5.92. The zero-order valence-electron chi connectivity index (χ0n) is 19.1. The van der Waals surface area contributed by atoms with Crippen LogP contribution < -0.4 is 4.83 Å². The second kappa shape index (κ2) is 9.28. The van der Waals surface area contributed by atoms with E-state index in [1.54, 1.807) is 24.3 Å². The summed E-state index contributed by atoms with van der Waals surface area (Å²) in [4.78, 5) is 39.5. The summed E-state index contributed by atoms with van der Waals surface area (Å²) in [6.45, 7) is -0.0194. The van der Waals surface area contributed by atoms with Gasteiger partial charge < -0.3 is 0 Å². The lowest BCUT2D eigenvalue weighted by molar-refractivity contribution is -0.384. The summed E-state index contributed by atoms with van der Waals surface area (Å²) < 4.78 is 25.2. The molecule has 0 unspecified atom stereocenters. The van der Waals surface area contributed by atoms with Gasteiger partial charge in [-0.1, -0.05) is 36.4 Å². The van der Waals surface area contributed by atoms with Crippen LogP contribution in [0.25, 0.3) is 10.8 Å². The number of hydrazone groups is 1. The van der Waals surface area contributed by atoms with Gasteiger partial charge in [0, 0.05) is 28.6 Å². The number of hydrogen-bond donors (Lipinski definition) is 1. The normalized spacial score (nSPS) is 13.4. The van der Waals surface area contributed by atoms with Crippen molar-refractivity contribution in [2.75, 3.05) is 0 Å². The van der Waals surface area contributed by atoms with Gasteiger partial charge in [0.2, 0.25) is 0 Å². The first-order chi connectivity index (χ1) is 17.7. The molecule has 10 nitrogen and oxygen atoms in total. The molecule has 0 radical (unpaired) electrons. The summed E-state index contributed by atoms with van der Waals surface area (Å²) in [5.41, 5.74) is 1.84. The van der Waals surface area contributed by atoms with Crippen LogP contribution in [-0.4, -0.2) is 36.3 Å². The topological polar surface area (TPSA) is 139 Å². The van der Waals surface area contributed by atoms with Gasteiger partial charge in [0.1, 0.15) is 0 Å². The van der Waals surface area contributed by atoms with Crippen LogP contribution in [-0.2, 0) is 16.6 Å². The minimum absolute atomic E-state index is 0.0194. The number of nitro groups is 1. The first-order valence-corrected chi connectivity index (χ1v) is 12.5. The Balaban J connectivity index is 1.29. The number of nitrogens with one attached hydrogen (secondary N) is 1. The van der Waals surface area contributed by atoms with Crippen LogP contribution in [0.1, 0.15) is 31.8 Å². The molecule has 11 heteroatoms. The van der Waals surface area contributed by atoms with Crippen molar-refractivity contribution in [3.05, 3.63) is 117 Å². The number of non-ortho nitro benzene ring substituents is 1. The quantitative estimate of drug-likeness (QED) is 0.172. The van der Waals surface area contributed by atoms with Crippen molar-refractivity contribution in [2.24, 2.45) is 5.10 Å². The van der Waals surface area contributed by atoms with E-state index in [-0.39, 0.29) is 17.1 Å². The number of amides is 2. The van der Waals surface area contributed by atoms with Gasteiger partial charge in [-0.2, -0.15) is 13.5 Å². The Bertz CT molecular complexity index is 1650. The van der Waals surface area contributed by atoms with Crippen molar-refractivity contribution in [1.29, 1.82) is 0 Å². The summed E-state index contributed by atoms with van der Waals surface area (Å²) in [6.07, 6.45) is 1.22. The molecule has 184 valence electrons. The zero-order valence-corrected chi connectivity index (χ0v) is 19.9. The molecule has 5 rings (SSSR count). The Morgan fingerprint density at radius 3 is 2.03 bits per heavy atom. The lowest BCUT2D eigenvalue weighted by Gasteiger charge is -2.27. The standard InChI is InChI=1S/C26H18N4O6S/c31-25-22-5-1-3-19-4-2-6-23(24(19)22)26(32)29(25)16-18-9-13-21(14-10-18)37(35,36)28-27-15-17-7-11-20(12-8-17)30(33)34/h1-15,28H,16H2/b27-15+. The molecule has 4 aromatic carbocycles. The molecule has 0 atom stereocenters. The molecule has 2 amide bonds. The maximum atomic E-state index is 13.1. The van der Waals surface area contributed by atoms with Gasteiger partial charge in [-0.25, -0.2) is 4.83 Å². The lowest BCUT2D eigenvalue weighted by Crippen LogP contribution is -2.39. The number of nitrogens with zero attached hydrogens (tertiary/aromatic N) is 3. The van der Waals surface area contributed by atoms with E-state index in [0.717, 1.165) is 10.3 Å². The largest absolute Gasteiger partial charge is 0.276 e. The number of hydrogen-bond acceptors (Lipinski definition) is 7. The average Bonchev–Trinajstić information content (AvgIpc) is 2.90. The Labute approximate surface area is 211 Å². The van der Waals surface area contributed by atoms with Crippen LogP contribution in [0.15, 0.2) is 94.9 Å². The van der Waals surface area contributed by atoms with Crippen LogP contribution in [0, 0.1) is 10.1 Å². The highest BCUT2D eigenvalue weighted by Gasteiger charge is 2.32. The molecule has 4 aromatic rings. The summed E-state index contributed by atoms with van der Waals surface area (Å²) in [5, 5.41) is 15.9. The molecular formula is C26H18N4O6S. The van der Waals surface area contributed by atoms with E-state index in [2.05, 4.69) is 9.93 Å². The Kier molecular flexibility index (Phi) is 5.98. The summed E-state index contributed by atoms with van der Waals surface area (Å²) in [6, 6.07) is 21.8. The van der Waals surface area contributed by atoms with E-state index in [1.807, 2.05) is 12.1 Å². The Morgan fingerprint density at radius 2 is 1.46 bits per heavy atom. The summed E-state index contributed by atoms with van der Waals surface area (Å²) in [7, 11) is -3.99. The van der Waals surface area contributed by atoms with Gasteiger partial charge in [-0.3, -0.25) is 24.6 Å². The first-order valence-electron chi connectivity index (χ1n) is 11.0. The third kappa shape index (κ3) is 4.55. The lowest BCUT2D eigenvalue weighted by atomic mass is 9.94. The Morgan fingerprint density at radius 1 is 0.865 bits per heavy atom. The number of imide groups is 1. The number of nitro benzene ring substituents is 1. The maximum Gasteiger partial charge on any atom is 0.276 e. The highest BCUT2D eigenvalue weighted by Crippen LogP contribution is 2.30. The van der Waals surface area contributed by atoms with E-state index < -0.39 is 26.8 Å². The van der Waals surface area contributed by atoms with E-state index in [1.165, 1.54) is 54.7 Å². The van der Waals surface area contributed by atoms with Crippen molar-refractivity contribution in [2.45, 2.75) is 11.4 Å². The number of rotatable bonds is 7. The van der Waals surface area contributed by atoms with Crippen LogP contribution in [0.4, 0.5) is 5.69 Å². The first kappa shape index (κ1) is 23.8. The van der Waals surface area contributed by atoms with E-state index >= 15 is 0 Å². The molecule has 37 heavy (non-hydrogen) atoms. The van der Waals surface area contributed by atoms with Gasteiger partial charge in [-0.05, 0) is 52.9 Å². The number of benzene rings is 4. The molecule has 1 aliphatic heterocycles. The summed E-state index contributed by atoms with van der Waals surface area (Å²) in [5.74, 6) is -0.818. The van der Waals surface area contributed by atoms with E-state index in [4.69, 9.17) is 0 Å². The fraction of sp³-hybridized carbons (Fsp3) is 0.0385. The van der Waals surface area contributed by atoms with Gasteiger partial charge in [0.05, 0.1) is 22.6 Å². The van der Waals surface area contributed by atoms with Crippen molar-refractivity contribution >= 4 is 44.5 Å². The highest BCUT2D eigenvalue weighted by molar-refractivity contribution is 7.89. The minimum atomic E-state index is -3.99. The molecule has 1 aliphatic rings. The van der Waals surface area contributed by atoms with Gasteiger partial charge >= 0.3 is 0 Å². The van der Waals surface area contributed by atoms with Crippen molar-refractivity contribution in [3.63, 3.8) is 0 Å². The summed E-state index contributed by atoms with van der Waals surface area (Å²) >= 11 is 0. The molecule has 0 saturated heterocycles. The minimum Gasteiger partial charge on any atom is -0.270 e. The van der Waals surface area contributed by atoms with Crippen LogP contribution in [0.2, 0.25) is 0 Å². The number of carbonyl (C=O) groups is 2. The molecule has 1 N–H and O–H groups in total. The maximum absolute atomic E-state index is 13.1. The van der Waals surface area contributed by atoms with Gasteiger partial charge in [0.25, 0.3) is 27.5 Å². The van der Waals surface area contributed by atoms with E-state index in [0.29, 0.717) is 27.6 Å². The predicted molar refractivity (Wildman–Crippen MR) is 136 cm³/mol. The van der Waals surface area contributed by atoms with Crippen LogP contribution >= 0.6 is 0 Å². The second-order valence-electron chi connectivity index (χ2n) is 8.25. The Hall–Kier alpha value is -4.90. The van der Waals surface area contributed by atoms with Crippen molar-refractivity contribution < 1.29 is 22.9 Å². The number of carbonyl (C=O) groups excluding carboxylic acids is 2. The zero-order chi connectivity index (χ0) is 26.2. The molecule has 0 aliphatic carbocycles. The second-order valence-corrected chi connectivity index (χ2v) is 9.91. The van der Waals surface area contributed by atoms with E-state index in [9.17, 15) is 28.1 Å². The monoisotopic (exact) mass is 514 g/mol.